The summed E-state index contributed by atoms with van der Waals surface area (Å²) in [6.07, 6.45) is 0.518. The summed E-state index contributed by atoms with van der Waals surface area (Å²) in [5, 5.41) is 9.81. The molecule has 1 saturated carbocycles. The fourth-order valence-electron chi connectivity index (χ4n) is 2.80. The second-order valence-electron chi connectivity index (χ2n) is 5.27. The highest BCUT2D eigenvalue weighted by Gasteiger charge is 2.30. The van der Waals surface area contributed by atoms with Gasteiger partial charge in [0.05, 0.1) is 23.4 Å². The van der Waals surface area contributed by atoms with Gasteiger partial charge >= 0.3 is 0 Å². The zero-order chi connectivity index (χ0) is 15.1. The second-order valence-corrected chi connectivity index (χ2v) is 5.27. The Morgan fingerprint density at radius 1 is 1.29 bits per heavy atom. The van der Waals surface area contributed by atoms with Crippen LogP contribution in [0.4, 0.5) is 0 Å². The highest BCUT2D eigenvalue weighted by Crippen LogP contribution is 2.24. The number of aromatic hydroxyl groups is 1. The Bertz CT molecular complexity index is 822. The summed E-state index contributed by atoms with van der Waals surface area (Å²) in [6, 6.07) is 3.70. The number of ketones is 2. The molecule has 21 heavy (non-hydrogen) atoms. The fraction of sp³-hybridized carbons (Fsp3) is 0.333. The predicted octanol–water partition coefficient (Wildman–Crippen LogP) is 1.27. The van der Waals surface area contributed by atoms with Crippen LogP contribution in [0.5, 0.6) is 5.75 Å². The standard InChI is InChI=1S/C15H14N2O4/c1-8-16-12-6-9(18)2-4-11(12)15(21)17(8)13-5-3-10(19)7-14(13)20/h2,4,6,13,18H,3,5,7H2,1H3. The average molecular weight is 286 g/mol. The zero-order valence-electron chi connectivity index (χ0n) is 11.5. The lowest BCUT2D eigenvalue weighted by Gasteiger charge is -2.23. The van der Waals surface area contributed by atoms with Crippen molar-refractivity contribution in [3.8, 4) is 5.75 Å². The van der Waals surface area contributed by atoms with Gasteiger partial charge in [-0.1, -0.05) is 0 Å². The van der Waals surface area contributed by atoms with Crippen LogP contribution < -0.4 is 5.56 Å². The van der Waals surface area contributed by atoms with Gasteiger partial charge in [0.2, 0.25) is 0 Å². The first-order valence-electron chi connectivity index (χ1n) is 6.73. The van der Waals surface area contributed by atoms with E-state index in [1.807, 2.05) is 0 Å². The lowest BCUT2D eigenvalue weighted by Crippen LogP contribution is -2.36. The van der Waals surface area contributed by atoms with Gasteiger partial charge in [0.1, 0.15) is 17.4 Å². The topological polar surface area (TPSA) is 89.3 Å². The molecule has 0 bridgehead atoms. The fourth-order valence-corrected chi connectivity index (χ4v) is 2.80. The van der Waals surface area contributed by atoms with E-state index in [1.165, 1.54) is 22.8 Å². The Morgan fingerprint density at radius 2 is 2.05 bits per heavy atom. The molecule has 0 spiro atoms. The maximum absolute atomic E-state index is 12.6. The highest BCUT2D eigenvalue weighted by molar-refractivity contribution is 6.03. The Hall–Kier alpha value is -2.50. The van der Waals surface area contributed by atoms with Crippen molar-refractivity contribution in [1.29, 1.82) is 0 Å². The maximum Gasteiger partial charge on any atom is 0.262 e. The number of hydrogen-bond acceptors (Lipinski definition) is 5. The Kier molecular flexibility index (Phi) is 3.08. The van der Waals surface area contributed by atoms with Crippen LogP contribution >= 0.6 is 0 Å². The lowest BCUT2D eigenvalue weighted by molar-refractivity contribution is -0.132. The minimum absolute atomic E-state index is 0.0332. The molecule has 0 amide bonds. The molecule has 3 rings (SSSR count). The average Bonchev–Trinajstić information content (AvgIpc) is 2.40. The summed E-state index contributed by atoms with van der Waals surface area (Å²) in [4.78, 5) is 40.3. The summed E-state index contributed by atoms with van der Waals surface area (Å²) >= 11 is 0. The number of rotatable bonds is 1. The van der Waals surface area contributed by atoms with Crippen LogP contribution in [-0.2, 0) is 9.59 Å². The van der Waals surface area contributed by atoms with Gasteiger partial charge in [-0.15, -0.1) is 0 Å². The van der Waals surface area contributed by atoms with Crippen LogP contribution in [0.15, 0.2) is 23.0 Å². The number of aryl methyl sites for hydroxylation is 1. The van der Waals surface area contributed by atoms with Crippen LogP contribution in [0.3, 0.4) is 0 Å². The second kappa shape index (κ2) is 4.80. The molecule has 0 saturated heterocycles. The first kappa shape index (κ1) is 13.5. The van der Waals surface area contributed by atoms with E-state index in [0.717, 1.165) is 0 Å². The van der Waals surface area contributed by atoms with E-state index >= 15 is 0 Å². The summed E-state index contributed by atoms with van der Waals surface area (Å²) in [5.74, 6) is 0.119. The number of fused-ring (bicyclic) bond motifs is 1. The van der Waals surface area contributed by atoms with Crippen LogP contribution in [0.2, 0.25) is 0 Å². The third-order valence-corrected chi connectivity index (χ3v) is 3.81. The van der Waals surface area contributed by atoms with Gasteiger partial charge in [-0.3, -0.25) is 19.0 Å². The molecule has 0 aliphatic heterocycles. The third kappa shape index (κ3) is 2.22. The molecule has 1 aliphatic rings. The number of benzene rings is 1. The molecule has 2 aromatic rings. The van der Waals surface area contributed by atoms with Crippen molar-refractivity contribution in [3.63, 3.8) is 0 Å². The van der Waals surface area contributed by atoms with E-state index in [0.29, 0.717) is 29.6 Å². The predicted molar refractivity (Wildman–Crippen MR) is 75.3 cm³/mol. The molecule has 1 unspecified atom stereocenters. The quantitative estimate of drug-likeness (QED) is 0.797. The summed E-state index contributed by atoms with van der Waals surface area (Å²) < 4.78 is 1.37. The van der Waals surface area contributed by atoms with Crippen molar-refractivity contribution < 1.29 is 14.7 Å². The smallest absolute Gasteiger partial charge is 0.262 e. The van der Waals surface area contributed by atoms with E-state index in [9.17, 15) is 19.5 Å². The van der Waals surface area contributed by atoms with Crippen LogP contribution in [-0.4, -0.2) is 26.2 Å². The minimum Gasteiger partial charge on any atom is -0.508 e. The molecule has 1 N–H and O–H groups in total. The van der Waals surface area contributed by atoms with E-state index < -0.39 is 6.04 Å². The molecule has 6 nitrogen and oxygen atoms in total. The van der Waals surface area contributed by atoms with Gasteiger partial charge in [-0.2, -0.15) is 0 Å². The molecule has 6 heteroatoms. The molecule has 1 fully saturated rings. The molecule has 1 atom stereocenters. The first-order chi connectivity index (χ1) is 9.97. The van der Waals surface area contributed by atoms with Crippen molar-refractivity contribution in [2.75, 3.05) is 0 Å². The van der Waals surface area contributed by atoms with Crippen molar-refractivity contribution >= 4 is 22.5 Å². The van der Waals surface area contributed by atoms with Gasteiger partial charge in [-0.25, -0.2) is 4.98 Å². The Morgan fingerprint density at radius 3 is 2.76 bits per heavy atom. The van der Waals surface area contributed by atoms with Crippen molar-refractivity contribution in [2.45, 2.75) is 32.2 Å². The number of phenols is 1. The molecule has 1 aliphatic carbocycles. The molecule has 108 valence electrons. The SMILES string of the molecule is Cc1nc2cc(O)ccc2c(=O)n1C1CCC(=O)CC1=O. The number of carbonyl (C=O) groups excluding carboxylic acids is 2. The van der Waals surface area contributed by atoms with E-state index in [-0.39, 0.29) is 29.3 Å². The minimum atomic E-state index is -0.624. The number of phenolic OH excluding ortho intramolecular Hbond substituents is 1. The van der Waals surface area contributed by atoms with Gasteiger partial charge in [0.15, 0.2) is 5.78 Å². The van der Waals surface area contributed by atoms with Crippen molar-refractivity contribution in [3.05, 3.63) is 34.4 Å². The number of carbonyl (C=O) groups is 2. The molecule has 1 aromatic heterocycles. The van der Waals surface area contributed by atoms with Gasteiger partial charge in [0.25, 0.3) is 5.56 Å². The monoisotopic (exact) mass is 286 g/mol. The third-order valence-electron chi connectivity index (χ3n) is 3.81. The van der Waals surface area contributed by atoms with Gasteiger partial charge in [0, 0.05) is 12.5 Å². The summed E-state index contributed by atoms with van der Waals surface area (Å²) in [5.41, 5.74) is 0.0817. The zero-order valence-corrected chi connectivity index (χ0v) is 11.5. The van der Waals surface area contributed by atoms with Crippen LogP contribution in [0.1, 0.15) is 31.1 Å². The molecule has 0 radical (unpaired) electrons. The maximum atomic E-state index is 12.6. The molecular formula is C15H14N2O4. The first-order valence-corrected chi connectivity index (χ1v) is 6.73. The van der Waals surface area contributed by atoms with Gasteiger partial charge < -0.3 is 5.11 Å². The molecule has 1 heterocycles. The van der Waals surface area contributed by atoms with Crippen molar-refractivity contribution in [1.82, 2.24) is 9.55 Å². The summed E-state index contributed by atoms with van der Waals surface area (Å²) in [6.45, 7) is 1.65. The van der Waals surface area contributed by atoms with E-state index in [4.69, 9.17) is 0 Å². The number of Topliss-reactive ketones (excluding diaryl/α,β-unsaturated/α-hetero) is 2. The number of hydrogen-bond donors (Lipinski definition) is 1. The van der Waals surface area contributed by atoms with Crippen LogP contribution in [0, 0.1) is 6.92 Å². The van der Waals surface area contributed by atoms with E-state index in [1.54, 1.807) is 6.92 Å². The Labute approximate surface area is 120 Å². The van der Waals surface area contributed by atoms with Crippen LogP contribution in [0.25, 0.3) is 10.9 Å². The normalized spacial score (nSPS) is 19.2. The highest BCUT2D eigenvalue weighted by atomic mass is 16.3. The number of aromatic nitrogens is 2. The Balaban J connectivity index is 2.19. The largest absolute Gasteiger partial charge is 0.508 e. The lowest BCUT2D eigenvalue weighted by atomic mass is 9.92. The summed E-state index contributed by atoms with van der Waals surface area (Å²) in [7, 11) is 0. The number of nitrogens with zero attached hydrogens (tertiary/aromatic N) is 2. The molecular weight excluding hydrogens is 272 g/mol. The van der Waals surface area contributed by atoms with Crippen molar-refractivity contribution in [2.24, 2.45) is 0 Å². The van der Waals surface area contributed by atoms with E-state index in [2.05, 4.69) is 4.98 Å². The molecule has 1 aromatic carbocycles. The van der Waals surface area contributed by atoms with Gasteiger partial charge in [-0.05, 0) is 25.5 Å².